The minimum absolute atomic E-state index is 0.0600. The topological polar surface area (TPSA) is 119 Å². The third-order valence-electron chi connectivity index (χ3n) is 6.10. The second-order valence-electron chi connectivity index (χ2n) is 8.58. The second-order valence-corrected chi connectivity index (χ2v) is 8.58. The molecule has 0 fully saturated rings. The maximum Gasteiger partial charge on any atom is 0.252 e. The van der Waals surface area contributed by atoms with E-state index in [1.165, 1.54) is 0 Å². The molecule has 0 aliphatic heterocycles. The van der Waals surface area contributed by atoms with Crippen molar-refractivity contribution in [3.05, 3.63) is 126 Å². The van der Waals surface area contributed by atoms with Gasteiger partial charge in [-0.1, -0.05) is 66.7 Å². The van der Waals surface area contributed by atoms with E-state index in [9.17, 15) is 4.79 Å². The van der Waals surface area contributed by atoms with Gasteiger partial charge in [-0.2, -0.15) is 0 Å². The van der Waals surface area contributed by atoms with Crippen LogP contribution in [0, 0.1) is 5.82 Å². The summed E-state index contributed by atoms with van der Waals surface area (Å²) in [4.78, 5) is 20.9. The fourth-order valence-electron chi connectivity index (χ4n) is 4.22. The average molecular weight is 493 g/mol. The van der Waals surface area contributed by atoms with Crippen molar-refractivity contribution in [3.63, 3.8) is 0 Å². The van der Waals surface area contributed by atoms with Crippen LogP contribution in [0.15, 0.2) is 103 Å². The molecule has 0 saturated carbocycles. The van der Waals surface area contributed by atoms with Crippen LogP contribution >= 0.6 is 0 Å². The zero-order valence-electron chi connectivity index (χ0n) is 19.8. The summed E-state index contributed by atoms with van der Waals surface area (Å²) in [6.45, 7) is 0. The quantitative estimate of drug-likeness (QED) is 0.228. The molecule has 6 N–H and O–H groups in total. The molecular weight excluding hydrogens is 467 g/mol. The molecule has 5 aromatic rings. The van der Waals surface area contributed by atoms with E-state index < -0.39 is 23.8 Å². The minimum Gasteiger partial charge on any atom is -0.365 e. The largest absolute Gasteiger partial charge is 0.365 e. The molecule has 0 radical (unpaired) electrons. The van der Waals surface area contributed by atoms with Crippen LogP contribution in [0.25, 0.3) is 10.9 Å². The fourth-order valence-corrected chi connectivity index (χ4v) is 4.22. The van der Waals surface area contributed by atoms with E-state index in [-0.39, 0.29) is 17.2 Å². The Balaban J connectivity index is 1.53. The van der Waals surface area contributed by atoms with Gasteiger partial charge in [0.05, 0.1) is 23.2 Å². The Morgan fingerprint density at radius 3 is 2.24 bits per heavy atom. The lowest BCUT2D eigenvalue weighted by Gasteiger charge is -2.27. The van der Waals surface area contributed by atoms with Crippen molar-refractivity contribution in [3.8, 4) is 0 Å². The Kier molecular flexibility index (Phi) is 6.74. The molecule has 2 atom stereocenters. The van der Waals surface area contributed by atoms with Crippen molar-refractivity contribution < 1.29 is 9.18 Å². The van der Waals surface area contributed by atoms with Crippen LogP contribution in [-0.4, -0.2) is 15.9 Å². The third-order valence-corrected chi connectivity index (χ3v) is 6.10. The van der Waals surface area contributed by atoms with E-state index in [2.05, 4.69) is 20.6 Å². The number of carbonyl (C=O) groups is 1. The van der Waals surface area contributed by atoms with Gasteiger partial charge in [-0.15, -0.1) is 0 Å². The number of rotatable bonds is 8. The standard InChI is InChI=1S/C29H25FN6O/c30-23-17-22(27(32)37)28(34-21-13-14-24-20(16-21)12-7-15-33-24)36-29(23)35-26(19-10-5-2-6-11-19)25(31)18-8-3-1-4-9-18/h1-17,25-26H,31H2,(H2,32,37)(H2,34,35,36)/t25-,26-/m1/s1. The highest BCUT2D eigenvalue weighted by atomic mass is 19.1. The highest BCUT2D eigenvalue weighted by Crippen LogP contribution is 2.32. The van der Waals surface area contributed by atoms with Crippen LogP contribution < -0.4 is 22.1 Å². The van der Waals surface area contributed by atoms with Crippen molar-refractivity contribution in [2.45, 2.75) is 12.1 Å². The number of aromatic nitrogens is 2. The van der Waals surface area contributed by atoms with Crippen LogP contribution in [0.4, 0.5) is 21.7 Å². The van der Waals surface area contributed by atoms with Gasteiger partial charge in [0.25, 0.3) is 5.91 Å². The molecule has 3 aromatic carbocycles. The van der Waals surface area contributed by atoms with E-state index in [0.29, 0.717) is 5.69 Å². The number of hydrogen-bond acceptors (Lipinski definition) is 6. The predicted octanol–water partition coefficient (Wildman–Crippen LogP) is 5.46. The van der Waals surface area contributed by atoms with Crippen molar-refractivity contribution >= 4 is 34.1 Å². The number of fused-ring (bicyclic) bond motifs is 1. The lowest BCUT2D eigenvalue weighted by molar-refractivity contribution is 0.100. The summed E-state index contributed by atoms with van der Waals surface area (Å²) in [5.41, 5.74) is 15.3. The normalized spacial score (nSPS) is 12.6. The molecule has 37 heavy (non-hydrogen) atoms. The molecule has 2 aromatic heterocycles. The summed E-state index contributed by atoms with van der Waals surface area (Å²) in [7, 11) is 0. The monoisotopic (exact) mass is 492 g/mol. The summed E-state index contributed by atoms with van der Waals surface area (Å²) in [6, 6.07) is 28.4. The van der Waals surface area contributed by atoms with E-state index >= 15 is 4.39 Å². The number of nitrogens with one attached hydrogen (secondary N) is 2. The summed E-state index contributed by atoms with van der Waals surface area (Å²) < 4.78 is 15.3. The molecule has 2 heterocycles. The Labute approximate surface area is 213 Å². The molecule has 0 aliphatic rings. The van der Waals surface area contributed by atoms with Crippen molar-refractivity contribution in [1.82, 2.24) is 9.97 Å². The maximum atomic E-state index is 15.3. The first-order chi connectivity index (χ1) is 18.0. The predicted molar refractivity (Wildman–Crippen MR) is 144 cm³/mol. The molecule has 8 heteroatoms. The van der Waals surface area contributed by atoms with Crippen LogP contribution in [0.2, 0.25) is 0 Å². The lowest BCUT2D eigenvalue weighted by Crippen LogP contribution is -2.27. The number of amides is 1. The van der Waals surface area contributed by atoms with Gasteiger partial charge in [0.2, 0.25) is 0 Å². The van der Waals surface area contributed by atoms with Crippen LogP contribution in [0.1, 0.15) is 33.6 Å². The summed E-state index contributed by atoms with van der Waals surface area (Å²) in [5.74, 6) is -1.46. The van der Waals surface area contributed by atoms with Crippen LogP contribution in [0.5, 0.6) is 0 Å². The van der Waals surface area contributed by atoms with Gasteiger partial charge in [0.1, 0.15) is 5.82 Å². The van der Waals surface area contributed by atoms with Gasteiger partial charge in [0.15, 0.2) is 11.6 Å². The molecule has 0 aliphatic carbocycles. The summed E-state index contributed by atoms with van der Waals surface area (Å²) >= 11 is 0. The first kappa shape index (κ1) is 23.9. The maximum absolute atomic E-state index is 15.3. The zero-order chi connectivity index (χ0) is 25.8. The zero-order valence-corrected chi connectivity index (χ0v) is 19.8. The van der Waals surface area contributed by atoms with Gasteiger partial charge in [-0.25, -0.2) is 9.37 Å². The fraction of sp³-hybridized carbons (Fsp3) is 0.0690. The van der Waals surface area contributed by atoms with E-state index in [1.807, 2.05) is 84.9 Å². The SMILES string of the molecule is NC(=O)c1cc(F)c(N[C@H](c2ccccc2)[C@H](N)c2ccccc2)nc1Nc1ccc2ncccc2c1. The van der Waals surface area contributed by atoms with Gasteiger partial charge in [-0.3, -0.25) is 9.78 Å². The average Bonchev–Trinajstić information content (AvgIpc) is 2.93. The second kappa shape index (κ2) is 10.4. The molecule has 184 valence electrons. The number of hydrogen-bond donors (Lipinski definition) is 4. The number of carbonyl (C=O) groups excluding carboxylic acids is 1. The lowest BCUT2D eigenvalue weighted by atomic mass is 9.94. The molecule has 0 unspecified atom stereocenters. The number of anilines is 3. The smallest absolute Gasteiger partial charge is 0.252 e. The molecule has 0 saturated heterocycles. The molecule has 0 spiro atoms. The highest BCUT2D eigenvalue weighted by Gasteiger charge is 2.25. The summed E-state index contributed by atoms with van der Waals surface area (Å²) in [5, 5.41) is 7.18. The molecule has 7 nitrogen and oxygen atoms in total. The summed E-state index contributed by atoms with van der Waals surface area (Å²) in [6.07, 6.45) is 1.71. The molecule has 5 rings (SSSR count). The van der Waals surface area contributed by atoms with Gasteiger partial charge < -0.3 is 22.1 Å². The Bertz CT molecular complexity index is 1540. The number of benzene rings is 3. The minimum atomic E-state index is -0.802. The third kappa shape index (κ3) is 5.24. The number of pyridine rings is 2. The number of primary amides is 1. The van der Waals surface area contributed by atoms with E-state index in [4.69, 9.17) is 11.5 Å². The van der Waals surface area contributed by atoms with Gasteiger partial charge in [-0.05, 0) is 41.5 Å². The molecular formula is C29H25FN6O. The van der Waals surface area contributed by atoms with Crippen molar-refractivity contribution in [1.29, 1.82) is 0 Å². The first-order valence-electron chi connectivity index (χ1n) is 11.7. The first-order valence-corrected chi connectivity index (χ1v) is 11.7. The van der Waals surface area contributed by atoms with Gasteiger partial charge in [0, 0.05) is 17.3 Å². The highest BCUT2D eigenvalue weighted by molar-refractivity contribution is 5.99. The van der Waals surface area contributed by atoms with E-state index in [1.54, 1.807) is 12.3 Å². The van der Waals surface area contributed by atoms with Crippen LogP contribution in [0.3, 0.4) is 0 Å². The Morgan fingerprint density at radius 2 is 1.54 bits per heavy atom. The van der Waals surface area contributed by atoms with Crippen molar-refractivity contribution in [2.24, 2.45) is 11.5 Å². The molecule has 0 bridgehead atoms. The number of halogens is 1. The van der Waals surface area contributed by atoms with E-state index in [0.717, 1.165) is 28.1 Å². The van der Waals surface area contributed by atoms with Crippen LogP contribution in [-0.2, 0) is 0 Å². The number of nitrogens with zero attached hydrogens (tertiary/aromatic N) is 2. The van der Waals surface area contributed by atoms with Crippen molar-refractivity contribution in [2.75, 3.05) is 10.6 Å². The Morgan fingerprint density at radius 1 is 0.838 bits per heavy atom. The van der Waals surface area contributed by atoms with Gasteiger partial charge >= 0.3 is 0 Å². The number of nitrogens with two attached hydrogens (primary N) is 2. The Hall–Kier alpha value is -4.82. The molecule has 1 amide bonds.